The van der Waals surface area contributed by atoms with Crippen LogP contribution in [0.15, 0.2) is 36.5 Å². The van der Waals surface area contributed by atoms with Gasteiger partial charge in [0, 0.05) is 18.8 Å². The summed E-state index contributed by atoms with van der Waals surface area (Å²) < 4.78 is 0. The SMILES string of the molecule is CCCN(C(=O)c1cc(C(N)=O)c[nH]1)C1CCc2ccccc2C1. The van der Waals surface area contributed by atoms with Gasteiger partial charge >= 0.3 is 0 Å². The lowest BCUT2D eigenvalue weighted by Gasteiger charge is -2.35. The number of benzene rings is 1. The molecule has 2 amide bonds. The van der Waals surface area contributed by atoms with E-state index in [4.69, 9.17) is 5.73 Å². The van der Waals surface area contributed by atoms with Gasteiger partial charge in [-0.05, 0) is 42.9 Å². The standard InChI is InChI=1S/C19H23N3O2/c1-2-9-22(19(24)17-11-15(12-21-17)18(20)23)16-8-7-13-5-3-4-6-14(13)10-16/h3-6,11-12,16,21H,2,7-10H2,1H3,(H2,20,23). The predicted octanol–water partition coefficient (Wildman–Crippen LogP) is 2.52. The van der Waals surface area contributed by atoms with Gasteiger partial charge in [0.15, 0.2) is 0 Å². The molecule has 126 valence electrons. The number of rotatable bonds is 5. The Labute approximate surface area is 141 Å². The summed E-state index contributed by atoms with van der Waals surface area (Å²) in [5.74, 6) is -0.590. The average molecular weight is 325 g/mol. The molecule has 5 nitrogen and oxygen atoms in total. The molecule has 1 heterocycles. The summed E-state index contributed by atoms with van der Waals surface area (Å²) in [7, 11) is 0. The van der Waals surface area contributed by atoms with Crippen LogP contribution in [0.1, 0.15) is 51.7 Å². The van der Waals surface area contributed by atoms with Crippen molar-refractivity contribution in [3.8, 4) is 0 Å². The summed E-state index contributed by atoms with van der Waals surface area (Å²) in [5, 5.41) is 0. The molecule has 1 aromatic heterocycles. The van der Waals surface area contributed by atoms with Crippen LogP contribution in [0.2, 0.25) is 0 Å². The van der Waals surface area contributed by atoms with Crippen LogP contribution < -0.4 is 5.73 Å². The molecule has 0 fully saturated rings. The summed E-state index contributed by atoms with van der Waals surface area (Å²) in [6, 6.07) is 10.2. The monoisotopic (exact) mass is 325 g/mol. The quantitative estimate of drug-likeness (QED) is 0.886. The van der Waals surface area contributed by atoms with Gasteiger partial charge in [0.2, 0.25) is 5.91 Å². The van der Waals surface area contributed by atoms with E-state index in [1.807, 2.05) is 4.90 Å². The number of nitrogens with two attached hydrogens (primary N) is 1. The van der Waals surface area contributed by atoms with E-state index in [2.05, 4.69) is 36.2 Å². The first kappa shape index (κ1) is 16.3. The van der Waals surface area contributed by atoms with Gasteiger partial charge in [-0.2, -0.15) is 0 Å². The lowest BCUT2D eigenvalue weighted by molar-refractivity contribution is 0.0656. The molecular formula is C19H23N3O2. The first-order valence-corrected chi connectivity index (χ1v) is 8.46. The maximum Gasteiger partial charge on any atom is 0.270 e. The highest BCUT2D eigenvalue weighted by atomic mass is 16.2. The molecule has 0 saturated carbocycles. The molecule has 0 aliphatic heterocycles. The van der Waals surface area contributed by atoms with Gasteiger partial charge in [-0.1, -0.05) is 31.2 Å². The third-order valence-corrected chi connectivity index (χ3v) is 4.68. The van der Waals surface area contributed by atoms with E-state index in [1.165, 1.54) is 17.3 Å². The molecule has 5 heteroatoms. The van der Waals surface area contributed by atoms with Crippen LogP contribution in [0.4, 0.5) is 0 Å². The minimum Gasteiger partial charge on any atom is -0.366 e. The van der Waals surface area contributed by atoms with Crippen molar-refractivity contribution in [3.05, 3.63) is 58.9 Å². The Morgan fingerprint density at radius 2 is 2.04 bits per heavy atom. The topological polar surface area (TPSA) is 79.2 Å². The van der Waals surface area contributed by atoms with Crippen LogP contribution in [0.5, 0.6) is 0 Å². The van der Waals surface area contributed by atoms with Crippen molar-refractivity contribution in [1.82, 2.24) is 9.88 Å². The molecule has 3 rings (SSSR count). The van der Waals surface area contributed by atoms with Gasteiger partial charge < -0.3 is 15.6 Å². The molecule has 1 atom stereocenters. The third-order valence-electron chi connectivity index (χ3n) is 4.68. The van der Waals surface area contributed by atoms with E-state index in [0.717, 1.165) is 25.7 Å². The Morgan fingerprint density at radius 3 is 2.71 bits per heavy atom. The van der Waals surface area contributed by atoms with Gasteiger partial charge in [0.05, 0.1) is 5.56 Å². The number of primary amides is 1. The largest absolute Gasteiger partial charge is 0.366 e. The fourth-order valence-electron chi connectivity index (χ4n) is 3.45. The molecule has 3 N–H and O–H groups in total. The smallest absolute Gasteiger partial charge is 0.270 e. The Bertz CT molecular complexity index is 751. The molecule has 24 heavy (non-hydrogen) atoms. The van der Waals surface area contributed by atoms with E-state index in [0.29, 0.717) is 17.8 Å². The van der Waals surface area contributed by atoms with Crippen molar-refractivity contribution in [2.45, 2.75) is 38.6 Å². The Balaban J connectivity index is 1.81. The number of carbonyl (C=O) groups is 2. The number of H-pyrrole nitrogens is 1. The fourth-order valence-corrected chi connectivity index (χ4v) is 3.45. The zero-order valence-electron chi connectivity index (χ0n) is 13.9. The van der Waals surface area contributed by atoms with Crippen molar-refractivity contribution in [2.75, 3.05) is 6.54 Å². The van der Waals surface area contributed by atoms with Crippen molar-refractivity contribution in [1.29, 1.82) is 0 Å². The number of aromatic amines is 1. The van der Waals surface area contributed by atoms with Crippen LogP contribution in [-0.4, -0.2) is 34.3 Å². The Morgan fingerprint density at radius 1 is 1.29 bits per heavy atom. The number of hydrogen-bond acceptors (Lipinski definition) is 2. The number of aromatic nitrogens is 1. The van der Waals surface area contributed by atoms with Gasteiger partial charge in [-0.3, -0.25) is 9.59 Å². The van der Waals surface area contributed by atoms with Crippen molar-refractivity contribution in [3.63, 3.8) is 0 Å². The first-order valence-electron chi connectivity index (χ1n) is 8.46. The molecule has 0 saturated heterocycles. The lowest BCUT2D eigenvalue weighted by Crippen LogP contribution is -2.44. The normalized spacial score (nSPS) is 16.5. The number of aryl methyl sites for hydroxylation is 1. The second kappa shape index (κ2) is 6.91. The van der Waals surface area contributed by atoms with Crippen LogP contribution in [0.3, 0.4) is 0 Å². The minimum atomic E-state index is -0.529. The van der Waals surface area contributed by atoms with Crippen LogP contribution in [0, 0.1) is 0 Å². The summed E-state index contributed by atoms with van der Waals surface area (Å²) in [6.07, 6.45) is 5.23. The molecule has 1 aliphatic rings. The maximum atomic E-state index is 12.9. The summed E-state index contributed by atoms with van der Waals surface area (Å²) in [6.45, 7) is 2.77. The maximum absolute atomic E-state index is 12.9. The van der Waals surface area contributed by atoms with Gasteiger partial charge in [-0.15, -0.1) is 0 Å². The van der Waals surface area contributed by atoms with Crippen LogP contribution >= 0.6 is 0 Å². The lowest BCUT2D eigenvalue weighted by atomic mass is 9.87. The molecule has 1 unspecified atom stereocenters. The highest BCUT2D eigenvalue weighted by Crippen LogP contribution is 2.25. The zero-order valence-corrected chi connectivity index (χ0v) is 13.9. The van der Waals surface area contributed by atoms with Gasteiger partial charge in [0.1, 0.15) is 5.69 Å². The fraction of sp³-hybridized carbons (Fsp3) is 0.368. The number of amides is 2. The Hall–Kier alpha value is -2.56. The molecule has 0 bridgehead atoms. The summed E-state index contributed by atoms with van der Waals surface area (Å²) >= 11 is 0. The third kappa shape index (κ3) is 3.20. The van der Waals surface area contributed by atoms with Crippen molar-refractivity contribution in [2.24, 2.45) is 5.73 Å². The van der Waals surface area contributed by atoms with E-state index < -0.39 is 5.91 Å². The highest BCUT2D eigenvalue weighted by Gasteiger charge is 2.28. The first-order chi connectivity index (χ1) is 11.6. The zero-order chi connectivity index (χ0) is 17.1. The van der Waals surface area contributed by atoms with E-state index in [-0.39, 0.29) is 11.9 Å². The molecule has 1 aliphatic carbocycles. The number of hydrogen-bond donors (Lipinski definition) is 2. The van der Waals surface area contributed by atoms with E-state index >= 15 is 0 Å². The number of fused-ring (bicyclic) bond motifs is 1. The summed E-state index contributed by atoms with van der Waals surface area (Å²) in [4.78, 5) is 29.0. The molecule has 0 spiro atoms. The number of carbonyl (C=O) groups excluding carboxylic acids is 2. The van der Waals surface area contributed by atoms with Crippen molar-refractivity contribution >= 4 is 11.8 Å². The van der Waals surface area contributed by atoms with Gasteiger partial charge in [-0.25, -0.2) is 0 Å². The summed E-state index contributed by atoms with van der Waals surface area (Å²) in [5.41, 5.74) is 8.75. The molecule has 0 radical (unpaired) electrons. The van der Waals surface area contributed by atoms with E-state index in [9.17, 15) is 9.59 Å². The second-order valence-electron chi connectivity index (χ2n) is 6.33. The van der Waals surface area contributed by atoms with Crippen LogP contribution in [-0.2, 0) is 12.8 Å². The highest BCUT2D eigenvalue weighted by molar-refractivity contribution is 5.98. The minimum absolute atomic E-state index is 0.0614. The number of nitrogens with one attached hydrogen (secondary N) is 1. The molecule has 1 aromatic carbocycles. The molecule has 2 aromatic rings. The van der Waals surface area contributed by atoms with Gasteiger partial charge in [0.25, 0.3) is 5.91 Å². The Kier molecular flexibility index (Phi) is 4.69. The molecular weight excluding hydrogens is 302 g/mol. The average Bonchev–Trinajstić information content (AvgIpc) is 3.09. The van der Waals surface area contributed by atoms with E-state index in [1.54, 1.807) is 6.07 Å². The predicted molar refractivity (Wildman–Crippen MR) is 92.9 cm³/mol. The second-order valence-corrected chi connectivity index (χ2v) is 6.33. The van der Waals surface area contributed by atoms with Crippen LogP contribution in [0.25, 0.3) is 0 Å². The van der Waals surface area contributed by atoms with Crippen molar-refractivity contribution < 1.29 is 9.59 Å². The number of nitrogens with zero attached hydrogens (tertiary/aromatic N) is 1.